The molecule has 0 unspecified atom stereocenters. The monoisotopic (exact) mass is 296 g/mol. The smallest absolute Gasteiger partial charge is 0.191 e. The molecule has 2 N–H and O–H groups in total. The van der Waals surface area contributed by atoms with Gasteiger partial charge in [-0.05, 0) is 25.7 Å². The standard InChI is InChI=1S/C15H28N4O2/c1-5-20-9-7-6-8-17-15(16-4)18-11-13-10-14(12(2)3)19-21-13/h10,12H,5-9,11H2,1-4H3,(H2,16,17,18). The van der Waals surface area contributed by atoms with Gasteiger partial charge in [-0.25, -0.2) is 0 Å². The number of ether oxygens (including phenoxy) is 1. The van der Waals surface area contributed by atoms with Gasteiger partial charge in [0.05, 0.1) is 12.2 Å². The van der Waals surface area contributed by atoms with Crippen molar-refractivity contribution in [2.24, 2.45) is 4.99 Å². The highest BCUT2D eigenvalue weighted by Crippen LogP contribution is 2.13. The molecule has 0 amide bonds. The van der Waals surface area contributed by atoms with Gasteiger partial charge < -0.3 is 19.9 Å². The maximum absolute atomic E-state index is 5.30. The van der Waals surface area contributed by atoms with Crippen LogP contribution in [-0.2, 0) is 11.3 Å². The lowest BCUT2D eigenvalue weighted by atomic mass is 10.1. The third kappa shape index (κ3) is 7.13. The van der Waals surface area contributed by atoms with Crippen LogP contribution >= 0.6 is 0 Å². The molecule has 0 saturated carbocycles. The summed E-state index contributed by atoms with van der Waals surface area (Å²) in [5, 5.41) is 10.5. The van der Waals surface area contributed by atoms with Crippen molar-refractivity contribution in [1.29, 1.82) is 0 Å². The van der Waals surface area contributed by atoms with E-state index in [9.17, 15) is 0 Å². The Labute approximate surface area is 127 Å². The summed E-state index contributed by atoms with van der Waals surface area (Å²) < 4.78 is 10.6. The zero-order chi connectivity index (χ0) is 15.5. The molecule has 0 aliphatic carbocycles. The van der Waals surface area contributed by atoms with Crippen molar-refractivity contribution in [3.8, 4) is 0 Å². The molecule has 1 aromatic heterocycles. The summed E-state index contributed by atoms with van der Waals surface area (Å²) in [6, 6.07) is 1.98. The number of hydrogen-bond acceptors (Lipinski definition) is 4. The first-order valence-corrected chi connectivity index (χ1v) is 7.65. The van der Waals surface area contributed by atoms with Crippen molar-refractivity contribution in [1.82, 2.24) is 15.8 Å². The van der Waals surface area contributed by atoms with E-state index in [-0.39, 0.29) is 0 Å². The van der Waals surface area contributed by atoms with Gasteiger partial charge >= 0.3 is 0 Å². The molecule has 1 rings (SSSR count). The zero-order valence-corrected chi connectivity index (χ0v) is 13.6. The average Bonchev–Trinajstić information content (AvgIpc) is 2.95. The quantitative estimate of drug-likeness (QED) is 0.415. The minimum absolute atomic E-state index is 0.380. The fraction of sp³-hybridized carbons (Fsp3) is 0.733. The van der Waals surface area contributed by atoms with Crippen LogP contribution in [0.1, 0.15) is 51.0 Å². The van der Waals surface area contributed by atoms with Crippen molar-refractivity contribution in [3.63, 3.8) is 0 Å². The summed E-state index contributed by atoms with van der Waals surface area (Å²) in [6.07, 6.45) is 2.11. The minimum Gasteiger partial charge on any atom is -0.382 e. The van der Waals surface area contributed by atoms with Crippen LogP contribution in [0, 0.1) is 0 Å². The molecule has 6 heteroatoms. The number of guanidine groups is 1. The largest absolute Gasteiger partial charge is 0.382 e. The summed E-state index contributed by atoms with van der Waals surface area (Å²) in [5.41, 5.74) is 0.977. The van der Waals surface area contributed by atoms with Gasteiger partial charge in [0.15, 0.2) is 11.7 Å². The Kier molecular flexibility index (Phi) is 8.50. The van der Waals surface area contributed by atoms with Gasteiger partial charge in [-0.1, -0.05) is 19.0 Å². The Hall–Kier alpha value is -1.56. The normalized spacial score (nSPS) is 12.0. The molecule has 0 aliphatic heterocycles. The van der Waals surface area contributed by atoms with Crippen LogP contribution in [0.2, 0.25) is 0 Å². The molecular weight excluding hydrogens is 268 g/mol. The number of nitrogens with zero attached hydrogens (tertiary/aromatic N) is 2. The fourth-order valence-corrected chi connectivity index (χ4v) is 1.76. The van der Waals surface area contributed by atoms with E-state index in [1.807, 2.05) is 13.0 Å². The SMILES string of the molecule is CCOCCCCNC(=NC)NCc1cc(C(C)C)no1. The average molecular weight is 296 g/mol. The maximum Gasteiger partial charge on any atom is 0.191 e. The van der Waals surface area contributed by atoms with Gasteiger partial charge in [0.25, 0.3) is 0 Å². The van der Waals surface area contributed by atoms with E-state index in [2.05, 4.69) is 34.6 Å². The number of hydrogen-bond donors (Lipinski definition) is 2. The van der Waals surface area contributed by atoms with Gasteiger partial charge in [0.2, 0.25) is 0 Å². The van der Waals surface area contributed by atoms with Crippen LogP contribution in [0.4, 0.5) is 0 Å². The van der Waals surface area contributed by atoms with E-state index >= 15 is 0 Å². The lowest BCUT2D eigenvalue weighted by Crippen LogP contribution is -2.37. The van der Waals surface area contributed by atoms with E-state index in [0.29, 0.717) is 12.5 Å². The van der Waals surface area contributed by atoms with Crippen LogP contribution in [-0.4, -0.2) is 37.9 Å². The number of rotatable bonds is 9. The van der Waals surface area contributed by atoms with Crippen LogP contribution in [0.15, 0.2) is 15.6 Å². The summed E-state index contributed by atoms with van der Waals surface area (Å²) in [4.78, 5) is 4.18. The molecule has 1 heterocycles. The number of nitrogens with one attached hydrogen (secondary N) is 2. The Bertz CT molecular complexity index is 416. The Balaban J connectivity index is 2.21. The van der Waals surface area contributed by atoms with E-state index in [1.165, 1.54) is 0 Å². The topological polar surface area (TPSA) is 71.7 Å². The van der Waals surface area contributed by atoms with Crippen LogP contribution in [0.5, 0.6) is 0 Å². The molecular formula is C15H28N4O2. The summed E-state index contributed by atoms with van der Waals surface area (Å²) in [7, 11) is 1.76. The second-order valence-electron chi connectivity index (χ2n) is 5.13. The molecule has 0 aromatic carbocycles. The second-order valence-corrected chi connectivity index (χ2v) is 5.13. The number of aromatic nitrogens is 1. The molecule has 0 aliphatic rings. The Morgan fingerprint density at radius 1 is 1.38 bits per heavy atom. The van der Waals surface area contributed by atoms with Gasteiger partial charge in [0.1, 0.15) is 0 Å². The molecule has 6 nitrogen and oxygen atoms in total. The molecule has 0 bridgehead atoms. The van der Waals surface area contributed by atoms with Crippen LogP contribution < -0.4 is 10.6 Å². The van der Waals surface area contributed by atoms with Crippen molar-refractivity contribution < 1.29 is 9.26 Å². The van der Waals surface area contributed by atoms with Crippen LogP contribution in [0.25, 0.3) is 0 Å². The Morgan fingerprint density at radius 2 is 2.19 bits per heavy atom. The number of unbranched alkanes of at least 4 members (excludes halogenated alkanes) is 1. The zero-order valence-electron chi connectivity index (χ0n) is 13.6. The summed E-state index contributed by atoms with van der Waals surface area (Å²) in [5.74, 6) is 1.97. The summed E-state index contributed by atoms with van der Waals surface area (Å²) >= 11 is 0. The van der Waals surface area contributed by atoms with Crippen LogP contribution in [0.3, 0.4) is 0 Å². The van der Waals surface area contributed by atoms with Crippen molar-refractivity contribution >= 4 is 5.96 Å². The fourth-order valence-electron chi connectivity index (χ4n) is 1.76. The molecule has 0 radical (unpaired) electrons. The van der Waals surface area contributed by atoms with Gasteiger partial charge in [-0.3, -0.25) is 4.99 Å². The highest BCUT2D eigenvalue weighted by atomic mass is 16.5. The van der Waals surface area contributed by atoms with Gasteiger partial charge in [0, 0.05) is 32.9 Å². The maximum atomic E-state index is 5.30. The molecule has 21 heavy (non-hydrogen) atoms. The molecule has 0 fully saturated rings. The first-order valence-electron chi connectivity index (χ1n) is 7.65. The summed E-state index contributed by atoms with van der Waals surface area (Å²) in [6.45, 7) is 9.26. The van der Waals surface area contributed by atoms with Gasteiger partial charge in [-0.15, -0.1) is 0 Å². The van der Waals surface area contributed by atoms with Crippen molar-refractivity contribution in [3.05, 3.63) is 17.5 Å². The van der Waals surface area contributed by atoms with Crippen molar-refractivity contribution in [2.45, 2.75) is 46.1 Å². The minimum atomic E-state index is 0.380. The molecule has 0 spiro atoms. The second kappa shape index (κ2) is 10.2. The highest BCUT2D eigenvalue weighted by Gasteiger charge is 2.07. The third-order valence-electron chi connectivity index (χ3n) is 3.03. The van der Waals surface area contributed by atoms with Crippen molar-refractivity contribution in [2.75, 3.05) is 26.8 Å². The van der Waals surface area contributed by atoms with E-state index in [4.69, 9.17) is 9.26 Å². The molecule has 0 saturated heterocycles. The highest BCUT2D eigenvalue weighted by molar-refractivity contribution is 5.79. The number of aliphatic imine (C=N–C) groups is 1. The lowest BCUT2D eigenvalue weighted by Gasteiger charge is -2.10. The lowest BCUT2D eigenvalue weighted by molar-refractivity contribution is 0.143. The molecule has 1 aromatic rings. The Morgan fingerprint density at radius 3 is 2.81 bits per heavy atom. The molecule has 0 atom stereocenters. The molecule has 120 valence electrons. The first-order chi connectivity index (χ1) is 10.2. The van der Waals surface area contributed by atoms with E-state index in [0.717, 1.165) is 50.0 Å². The first kappa shape index (κ1) is 17.5. The predicted molar refractivity (Wildman–Crippen MR) is 84.5 cm³/mol. The predicted octanol–water partition coefficient (Wildman–Crippen LogP) is 2.28. The van der Waals surface area contributed by atoms with E-state index < -0.39 is 0 Å². The van der Waals surface area contributed by atoms with E-state index in [1.54, 1.807) is 7.05 Å². The third-order valence-corrected chi connectivity index (χ3v) is 3.03. The van der Waals surface area contributed by atoms with Gasteiger partial charge in [-0.2, -0.15) is 0 Å².